The summed E-state index contributed by atoms with van der Waals surface area (Å²) >= 11 is 1.94. The van der Waals surface area contributed by atoms with Crippen molar-refractivity contribution in [3.8, 4) is 0 Å². The monoisotopic (exact) mass is 176 g/mol. The van der Waals surface area contributed by atoms with Gasteiger partial charge in [-0.2, -0.15) is 11.8 Å². The fourth-order valence-electron chi connectivity index (χ4n) is 1.68. The highest BCUT2D eigenvalue weighted by Gasteiger charge is 2.39. The molecule has 3 heteroatoms. The Morgan fingerprint density at radius 1 is 0.909 bits per heavy atom. The van der Waals surface area contributed by atoms with Crippen LogP contribution in [0.5, 0.6) is 0 Å². The maximum Gasteiger partial charge on any atom is 0.0959 e. The molecule has 1 aliphatic rings. The molecular formula is C8H16O2S. The third-order valence-electron chi connectivity index (χ3n) is 2.22. The Kier molecular flexibility index (Phi) is 3.22. The van der Waals surface area contributed by atoms with Gasteiger partial charge in [-0.25, -0.2) is 0 Å². The molecule has 4 atom stereocenters. The molecule has 1 aliphatic heterocycles. The number of ether oxygens (including phenoxy) is 2. The molecule has 1 rings (SSSR count). The molecule has 0 unspecified atom stereocenters. The van der Waals surface area contributed by atoms with E-state index < -0.39 is 0 Å². The first-order valence-corrected chi connectivity index (χ1v) is 4.86. The summed E-state index contributed by atoms with van der Waals surface area (Å²) in [5, 5.41) is 1.11. The Labute approximate surface area is 72.6 Å². The Morgan fingerprint density at radius 3 is 1.55 bits per heavy atom. The first-order valence-electron chi connectivity index (χ1n) is 3.91. The average molecular weight is 176 g/mol. The van der Waals surface area contributed by atoms with Crippen LogP contribution in [0.15, 0.2) is 0 Å². The van der Waals surface area contributed by atoms with Crippen molar-refractivity contribution in [3.05, 3.63) is 0 Å². The summed E-state index contributed by atoms with van der Waals surface area (Å²) in [4.78, 5) is 0. The predicted octanol–water partition coefficient (Wildman–Crippen LogP) is 1.54. The lowest BCUT2D eigenvalue weighted by molar-refractivity contribution is -0.0244. The van der Waals surface area contributed by atoms with Gasteiger partial charge in [0.15, 0.2) is 0 Å². The van der Waals surface area contributed by atoms with Gasteiger partial charge in [-0.15, -0.1) is 0 Å². The second-order valence-corrected chi connectivity index (χ2v) is 4.71. The molecular weight excluding hydrogens is 160 g/mol. The molecule has 66 valence electrons. The van der Waals surface area contributed by atoms with Crippen molar-refractivity contribution >= 4 is 11.8 Å². The van der Waals surface area contributed by atoms with Gasteiger partial charge < -0.3 is 9.47 Å². The Morgan fingerprint density at radius 2 is 1.27 bits per heavy atom. The Balaban J connectivity index is 2.59. The van der Waals surface area contributed by atoms with Crippen molar-refractivity contribution in [2.75, 3.05) is 14.2 Å². The van der Waals surface area contributed by atoms with Crippen LogP contribution in [0, 0.1) is 0 Å². The number of hydrogen-bond donors (Lipinski definition) is 0. The molecule has 0 aromatic carbocycles. The van der Waals surface area contributed by atoms with Crippen LogP contribution in [-0.2, 0) is 9.47 Å². The predicted molar refractivity (Wildman–Crippen MR) is 48.1 cm³/mol. The van der Waals surface area contributed by atoms with Crippen LogP contribution in [0.25, 0.3) is 0 Å². The second-order valence-electron chi connectivity index (χ2n) is 2.95. The molecule has 0 aromatic rings. The fourth-order valence-corrected chi connectivity index (χ4v) is 3.20. The van der Waals surface area contributed by atoms with Crippen LogP contribution in [0.4, 0.5) is 0 Å². The molecule has 1 fully saturated rings. The molecule has 0 aromatic heterocycles. The highest BCUT2D eigenvalue weighted by Crippen LogP contribution is 2.36. The van der Waals surface area contributed by atoms with E-state index in [0.29, 0.717) is 10.5 Å². The first kappa shape index (κ1) is 9.36. The number of hydrogen-bond acceptors (Lipinski definition) is 3. The maximum atomic E-state index is 5.35. The smallest absolute Gasteiger partial charge is 0.0959 e. The molecule has 11 heavy (non-hydrogen) atoms. The highest BCUT2D eigenvalue weighted by molar-refractivity contribution is 8.00. The van der Waals surface area contributed by atoms with Gasteiger partial charge in [-0.1, -0.05) is 13.8 Å². The van der Waals surface area contributed by atoms with E-state index in [1.165, 1.54) is 0 Å². The zero-order valence-electron chi connectivity index (χ0n) is 7.53. The Bertz CT molecular complexity index is 115. The van der Waals surface area contributed by atoms with Crippen molar-refractivity contribution in [1.29, 1.82) is 0 Å². The van der Waals surface area contributed by atoms with Gasteiger partial charge in [-0.3, -0.25) is 0 Å². The van der Waals surface area contributed by atoms with E-state index in [1.54, 1.807) is 14.2 Å². The minimum absolute atomic E-state index is 0.264. The van der Waals surface area contributed by atoms with Crippen LogP contribution in [0.1, 0.15) is 13.8 Å². The highest BCUT2D eigenvalue weighted by atomic mass is 32.2. The van der Waals surface area contributed by atoms with Crippen LogP contribution in [0.2, 0.25) is 0 Å². The van der Waals surface area contributed by atoms with Crippen LogP contribution in [0.3, 0.4) is 0 Å². The van der Waals surface area contributed by atoms with Crippen LogP contribution < -0.4 is 0 Å². The second kappa shape index (κ2) is 3.78. The summed E-state index contributed by atoms with van der Waals surface area (Å²) in [7, 11) is 3.51. The van der Waals surface area contributed by atoms with Gasteiger partial charge >= 0.3 is 0 Å². The minimum Gasteiger partial charge on any atom is -0.378 e. The molecule has 1 saturated heterocycles. The number of thioether (sulfide) groups is 1. The van der Waals surface area contributed by atoms with Crippen LogP contribution in [-0.4, -0.2) is 36.9 Å². The summed E-state index contributed by atoms with van der Waals surface area (Å²) in [5.74, 6) is 0. The van der Waals surface area contributed by atoms with E-state index in [1.807, 2.05) is 11.8 Å². The zero-order valence-corrected chi connectivity index (χ0v) is 8.35. The summed E-state index contributed by atoms with van der Waals surface area (Å²) < 4.78 is 10.7. The summed E-state index contributed by atoms with van der Waals surface area (Å²) in [6, 6.07) is 0. The lowest BCUT2D eigenvalue weighted by Gasteiger charge is -2.20. The van der Waals surface area contributed by atoms with Crippen molar-refractivity contribution < 1.29 is 9.47 Å². The van der Waals surface area contributed by atoms with Gasteiger partial charge in [0, 0.05) is 24.7 Å². The largest absolute Gasteiger partial charge is 0.378 e. The molecule has 0 radical (unpaired) electrons. The van der Waals surface area contributed by atoms with E-state index in [2.05, 4.69) is 13.8 Å². The van der Waals surface area contributed by atoms with E-state index >= 15 is 0 Å². The standard InChI is InChI=1S/C8H16O2S/c1-5-7(9-3)8(10-4)6(2)11-5/h5-8H,1-4H3/t5-,6-,7+,8+/m0/s1. The van der Waals surface area contributed by atoms with Crippen molar-refractivity contribution in [2.45, 2.75) is 36.6 Å². The average Bonchev–Trinajstić information content (AvgIpc) is 2.24. The van der Waals surface area contributed by atoms with Gasteiger partial charge in [0.05, 0.1) is 12.2 Å². The zero-order chi connectivity index (χ0) is 8.43. The first-order chi connectivity index (χ1) is 5.20. The summed E-state index contributed by atoms with van der Waals surface area (Å²) in [6.45, 7) is 4.38. The van der Waals surface area contributed by atoms with E-state index in [0.717, 1.165) is 0 Å². The van der Waals surface area contributed by atoms with E-state index in [4.69, 9.17) is 9.47 Å². The Hall–Kier alpha value is 0.270. The van der Waals surface area contributed by atoms with Gasteiger partial charge in [-0.05, 0) is 0 Å². The van der Waals surface area contributed by atoms with Gasteiger partial charge in [0.2, 0.25) is 0 Å². The van der Waals surface area contributed by atoms with Crippen LogP contribution >= 0.6 is 11.8 Å². The molecule has 0 aliphatic carbocycles. The maximum absolute atomic E-state index is 5.35. The molecule has 0 bridgehead atoms. The van der Waals surface area contributed by atoms with Gasteiger partial charge in [0.25, 0.3) is 0 Å². The molecule has 0 amide bonds. The van der Waals surface area contributed by atoms with Gasteiger partial charge in [0.1, 0.15) is 0 Å². The summed E-state index contributed by atoms with van der Waals surface area (Å²) in [5.41, 5.74) is 0. The number of rotatable bonds is 2. The van der Waals surface area contributed by atoms with Crippen molar-refractivity contribution in [3.63, 3.8) is 0 Å². The lowest BCUT2D eigenvalue weighted by Crippen LogP contribution is -2.34. The SMILES string of the molecule is CO[C@H]1[C@H](OC)[C@H](C)S[C@H]1C. The number of methoxy groups -OCH3 is 2. The minimum atomic E-state index is 0.264. The fraction of sp³-hybridized carbons (Fsp3) is 1.00. The van der Waals surface area contributed by atoms with E-state index in [9.17, 15) is 0 Å². The topological polar surface area (TPSA) is 18.5 Å². The normalized spacial score (nSPS) is 44.7. The molecule has 1 heterocycles. The van der Waals surface area contributed by atoms with Crippen molar-refractivity contribution in [2.24, 2.45) is 0 Å². The third kappa shape index (κ3) is 1.71. The molecule has 0 N–H and O–H groups in total. The quantitative estimate of drug-likeness (QED) is 0.636. The summed E-state index contributed by atoms with van der Waals surface area (Å²) in [6.07, 6.45) is 0.528. The molecule has 0 saturated carbocycles. The van der Waals surface area contributed by atoms with E-state index in [-0.39, 0.29) is 12.2 Å². The lowest BCUT2D eigenvalue weighted by atomic mass is 10.1. The molecule has 2 nitrogen and oxygen atoms in total. The molecule has 0 spiro atoms. The van der Waals surface area contributed by atoms with Crippen molar-refractivity contribution in [1.82, 2.24) is 0 Å². The third-order valence-corrected chi connectivity index (χ3v) is 3.62.